The van der Waals surface area contributed by atoms with Crippen molar-refractivity contribution in [2.45, 2.75) is 45.1 Å². The van der Waals surface area contributed by atoms with E-state index in [0.29, 0.717) is 11.5 Å². The Balaban J connectivity index is 2.19. The summed E-state index contributed by atoms with van der Waals surface area (Å²) in [6.07, 6.45) is 6.93. The maximum absolute atomic E-state index is 6.07. The van der Waals surface area contributed by atoms with Crippen LogP contribution in [0.2, 0.25) is 0 Å². The molecule has 1 heteroatoms. The van der Waals surface area contributed by atoms with Crippen molar-refractivity contribution in [3.05, 3.63) is 0 Å². The highest BCUT2D eigenvalue weighted by Gasteiger charge is 2.48. The first-order valence-corrected chi connectivity index (χ1v) is 4.52. The molecule has 1 nitrogen and oxygen atoms in total. The van der Waals surface area contributed by atoms with Gasteiger partial charge in [0.15, 0.2) is 0 Å². The number of nitrogens with two attached hydrogens (primary N) is 1. The van der Waals surface area contributed by atoms with Crippen molar-refractivity contribution < 1.29 is 0 Å². The molecule has 0 aromatic heterocycles. The molecule has 0 aliphatic heterocycles. The summed E-state index contributed by atoms with van der Waals surface area (Å²) < 4.78 is 0. The Hall–Kier alpha value is -0.0400. The summed E-state index contributed by atoms with van der Waals surface area (Å²) in [7, 11) is 0. The molecule has 0 saturated heterocycles. The van der Waals surface area contributed by atoms with Crippen LogP contribution in [0.3, 0.4) is 0 Å². The van der Waals surface area contributed by atoms with Gasteiger partial charge in [-0.3, -0.25) is 0 Å². The topological polar surface area (TPSA) is 26.0 Å². The summed E-state index contributed by atoms with van der Waals surface area (Å²) >= 11 is 0. The molecule has 2 bridgehead atoms. The van der Waals surface area contributed by atoms with Gasteiger partial charge >= 0.3 is 0 Å². The molecule has 0 aromatic rings. The summed E-state index contributed by atoms with van der Waals surface area (Å²) in [4.78, 5) is 0. The molecule has 58 valence electrons. The molecular weight excluding hydrogens is 122 g/mol. The molecule has 10 heavy (non-hydrogen) atoms. The molecule has 2 aliphatic rings. The standard InChI is InChI=1S/C9H17N/c1-2-9-4-3-7(6-9)5-8(9)10/h7-8H,2-6,10H2,1H3. The lowest BCUT2D eigenvalue weighted by Crippen LogP contribution is -2.36. The summed E-state index contributed by atoms with van der Waals surface area (Å²) in [5.41, 5.74) is 6.65. The number of hydrogen-bond donors (Lipinski definition) is 1. The maximum atomic E-state index is 6.07. The molecule has 3 atom stereocenters. The highest BCUT2D eigenvalue weighted by atomic mass is 14.7. The fraction of sp³-hybridized carbons (Fsp3) is 1.00. The van der Waals surface area contributed by atoms with E-state index in [1.54, 1.807) is 0 Å². The van der Waals surface area contributed by atoms with Crippen molar-refractivity contribution in [2.24, 2.45) is 17.1 Å². The van der Waals surface area contributed by atoms with E-state index in [-0.39, 0.29) is 0 Å². The van der Waals surface area contributed by atoms with Crippen molar-refractivity contribution in [1.82, 2.24) is 0 Å². The van der Waals surface area contributed by atoms with E-state index in [2.05, 4.69) is 6.92 Å². The Labute approximate surface area is 63.0 Å². The average Bonchev–Trinajstić information content (AvgIpc) is 2.44. The maximum Gasteiger partial charge on any atom is 0.00982 e. The van der Waals surface area contributed by atoms with Crippen LogP contribution in [0.1, 0.15) is 39.0 Å². The molecule has 0 heterocycles. The summed E-state index contributed by atoms with van der Waals surface area (Å²) in [6.45, 7) is 2.30. The van der Waals surface area contributed by atoms with Crippen LogP contribution in [0, 0.1) is 11.3 Å². The van der Waals surface area contributed by atoms with Gasteiger partial charge in [-0.2, -0.15) is 0 Å². The van der Waals surface area contributed by atoms with Crippen LogP contribution in [0.4, 0.5) is 0 Å². The average molecular weight is 139 g/mol. The van der Waals surface area contributed by atoms with E-state index in [9.17, 15) is 0 Å². The third-order valence-corrected chi connectivity index (χ3v) is 3.82. The molecule has 0 radical (unpaired) electrons. The summed E-state index contributed by atoms with van der Waals surface area (Å²) in [5, 5.41) is 0. The molecule has 2 saturated carbocycles. The second-order valence-electron chi connectivity index (χ2n) is 4.17. The molecule has 0 amide bonds. The minimum atomic E-state index is 0.538. The van der Waals surface area contributed by atoms with Gasteiger partial charge in [-0.05, 0) is 43.4 Å². The highest BCUT2D eigenvalue weighted by Crippen LogP contribution is 2.54. The van der Waals surface area contributed by atoms with Gasteiger partial charge in [0.2, 0.25) is 0 Å². The third-order valence-electron chi connectivity index (χ3n) is 3.82. The number of fused-ring (bicyclic) bond motifs is 2. The monoisotopic (exact) mass is 139 g/mol. The van der Waals surface area contributed by atoms with Crippen LogP contribution in [-0.2, 0) is 0 Å². The summed E-state index contributed by atoms with van der Waals surface area (Å²) in [5.74, 6) is 0.995. The van der Waals surface area contributed by atoms with Crippen LogP contribution >= 0.6 is 0 Å². The van der Waals surface area contributed by atoms with Crippen LogP contribution in [-0.4, -0.2) is 6.04 Å². The van der Waals surface area contributed by atoms with E-state index in [1.807, 2.05) is 0 Å². The predicted octanol–water partition coefficient (Wildman–Crippen LogP) is 1.91. The molecule has 2 aliphatic carbocycles. The molecule has 3 unspecified atom stereocenters. The van der Waals surface area contributed by atoms with E-state index < -0.39 is 0 Å². The Morgan fingerprint density at radius 3 is 2.70 bits per heavy atom. The van der Waals surface area contributed by atoms with Crippen LogP contribution < -0.4 is 5.73 Å². The van der Waals surface area contributed by atoms with Crippen molar-refractivity contribution in [1.29, 1.82) is 0 Å². The van der Waals surface area contributed by atoms with Gasteiger partial charge in [-0.25, -0.2) is 0 Å². The second kappa shape index (κ2) is 1.97. The predicted molar refractivity (Wildman–Crippen MR) is 42.7 cm³/mol. The highest BCUT2D eigenvalue weighted by molar-refractivity contribution is 5.02. The van der Waals surface area contributed by atoms with Crippen LogP contribution in [0.15, 0.2) is 0 Å². The van der Waals surface area contributed by atoms with Gasteiger partial charge in [-0.1, -0.05) is 6.92 Å². The SMILES string of the molecule is CCC12CCC(CC1N)C2. The van der Waals surface area contributed by atoms with Gasteiger partial charge in [0, 0.05) is 6.04 Å². The third kappa shape index (κ3) is 0.672. The lowest BCUT2D eigenvalue weighted by atomic mass is 9.78. The molecule has 0 aromatic carbocycles. The summed E-state index contributed by atoms with van der Waals surface area (Å²) in [6, 6.07) is 0.538. The van der Waals surface area contributed by atoms with E-state index in [4.69, 9.17) is 5.73 Å². The van der Waals surface area contributed by atoms with Gasteiger partial charge in [-0.15, -0.1) is 0 Å². The largest absolute Gasteiger partial charge is 0.327 e. The fourth-order valence-corrected chi connectivity index (χ4v) is 3.00. The smallest absolute Gasteiger partial charge is 0.00982 e. The van der Waals surface area contributed by atoms with E-state index >= 15 is 0 Å². The Morgan fingerprint density at radius 1 is 1.60 bits per heavy atom. The second-order valence-corrected chi connectivity index (χ2v) is 4.17. The van der Waals surface area contributed by atoms with E-state index in [1.165, 1.54) is 32.1 Å². The van der Waals surface area contributed by atoms with Gasteiger partial charge in [0.1, 0.15) is 0 Å². The first-order valence-electron chi connectivity index (χ1n) is 4.52. The molecule has 2 N–H and O–H groups in total. The zero-order valence-electron chi connectivity index (χ0n) is 6.77. The lowest BCUT2D eigenvalue weighted by Gasteiger charge is -2.31. The van der Waals surface area contributed by atoms with Crippen molar-refractivity contribution in [3.63, 3.8) is 0 Å². The van der Waals surface area contributed by atoms with Crippen molar-refractivity contribution in [2.75, 3.05) is 0 Å². The molecule has 2 rings (SSSR count). The minimum absolute atomic E-state index is 0.538. The number of rotatable bonds is 1. The Bertz CT molecular complexity index is 144. The molecule has 2 fully saturated rings. The quantitative estimate of drug-likeness (QED) is 0.590. The fourth-order valence-electron chi connectivity index (χ4n) is 3.00. The zero-order chi connectivity index (χ0) is 7.19. The van der Waals surface area contributed by atoms with Gasteiger partial charge in [0.25, 0.3) is 0 Å². The van der Waals surface area contributed by atoms with Crippen LogP contribution in [0.5, 0.6) is 0 Å². The van der Waals surface area contributed by atoms with E-state index in [0.717, 1.165) is 5.92 Å². The first kappa shape index (κ1) is 6.66. The normalized spacial score (nSPS) is 52.2. The van der Waals surface area contributed by atoms with Crippen molar-refractivity contribution in [3.8, 4) is 0 Å². The Kier molecular flexibility index (Phi) is 1.31. The molecule has 0 spiro atoms. The van der Waals surface area contributed by atoms with Crippen LogP contribution in [0.25, 0.3) is 0 Å². The zero-order valence-corrected chi connectivity index (χ0v) is 6.77. The Morgan fingerprint density at radius 2 is 2.40 bits per heavy atom. The van der Waals surface area contributed by atoms with Crippen molar-refractivity contribution >= 4 is 0 Å². The lowest BCUT2D eigenvalue weighted by molar-refractivity contribution is 0.241. The first-order chi connectivity index (χ1) is 4.77. The van der Waals surface area contributed by atoms with Gasteiger partial charge < -0.3 is 5.73 Å². The minimum Gasteiger partial charge on any atom is -0.327 e. The van der Waals surface area contributed by atoms with Gasteiger partial charge in [0.05, 0.1) is 0 Å². The number of hydrogen-bond acceptors (Lipinski definition) is 1. The molecular formula is C9H17N.